The summed E-state index contributed by atoms with van der Waals surface area (Å²) in [4.78, 5) is 10.7. The van der Waals surface area contributed by atoms with E-state index < -0.39 is 5.97 Å². The van der Waals surface area contributed by atoms with Crippen molar-refractivity contribution < 1.29 is 9.90 Å². The lowest BCUT2D eigenvalue weighted by Crippen LogP contribution is -2.29. The van der Waals surface area contributed by atoms with Crippen molar-refractivity contribution in [1.29, 1.82) is 0 Å². The SMILES string of the molecule is CCCNC[C@H]1CC[C@H](C(=O)O)CC1. The molecule has 0 aromatic heterocycles. The minimum absolute atomic E-state index is 0.0718. The predicted molar refractivity (Wildman–Crippen MR) is 56.2 cm³/mol. The second-order valence-electron chi connectivity index (χ2n) is 4.26. The van der Waals surface area contributed by atoms with Crippen molar-refractivity contribution in [2.24, 2.45) is 11.8 Å². The first-order valence-corrected chi connectivity index (χ1v) is 5.67. The number of hydrogen-bond donors (Lipinski definition) is 2. The molecule has 82 valence electrons. The molecule has 0 bridgehead atoms. The van der Waals surface area contributed by atoms with Gasteiger partial charge in [0.15, 0.2) is 0 Å². The van der Waals surface area contributed by atoms with Crippen LogP contribution in [0.1, 0.15) is 39.0 Å². The molecule has 0 aromatic rings. The number of carboxylic acid groups (broad SMARTS) is 1. The summed E-state index contributed by atoms with van der Waals surface area (Å²) in [7, 11) is 0. The van der Waals surface area contributed by atoms with Crippen molar-refractivity contribution in [1.82, 2.24) is 5.32 Å². The molecule has 0 aliphatic heterocycles. The zero-order chi connectivity index (χ0) is 10.4. The molecule has 0 spiro atoms. The molecule has 1 rings (SSSR count). The normalized spacial score (nSPS) is 27.5. The Kier molecular flexibility index (Phi) is 4.94. The standard InChI is InChI=1S/C11H21NO2/c1-2-7-12-8-9-3-5-10(6-4-9)11(13)14/h9-10,12H,2-8H2,1H3,(H,13,14)/t9-,10-. The van der Waals surface area contributed by atoms with Crippen LogP contribution in [-0.2, 0) is 4.79 Å². The Bertz CT molecular complexity index is 174. The molecule has 0 amide bonds. The fourth-order valence-electron chi connectivity index (χ4n) is 2.10. The number of carboxylic acids is 1. The quantitative estimate of drug-likeness (QED) is 0.665. The second kappa shape index (κ2) is 6.02. The fourth-order valence-corrected chi connectivity index (χ4v) is 2.10. The van der Waals surface area contributed by atoms with Crippen LogP contribution in [-0.4, -0.2) is 24.2 Å². The van der Waals surface area contributed by atoms with E-state index >= 15 is 0 Å². The van der Waals surface area contributed by atoms with E-state index in [9.17, 15) is 4.79 Å². The Balaban J connectivity index is 2.12. The monoisotopic (exact) mass is 199 g/mol. The molecule has 0 heterocycles. The Morgan fingerprint density at radius 3 is 2.50 bits per heavy atom. The maximum absolute atomic E-state index is 10.7. The lowest BCUT2D eigenvalue weighted by Gasteiger charge is -2.26. The topological polar surface area (TPSA) is 49.3 Å². The molecule has 0 saturated heterocycles. The van der Waals surface area contributed by atoms with E-state index in [-0.39, 0.29) is 5.92 Å². The zero-order valence-corrected chi connectivity index (χ0v) is 8.96. The van der Waals surface area contributed by atoms with Crippen LogP contribution in [0.15, 0.2) is 0 Å². The summed E-state index contributed by atoms with van der Waals surface area (Å²) in [6.07, 6.45) is 5.06. The molecule has 1 fully saturated rings. The molecule has 14 heavy (non-hydrogen) atoms. The van der Waals surface area contributed by atoms with Crippen LogP contribution in [0.5, 0.6) is 0 Å². The maximum Gasteiger partial charge on any atom is 0.306 e. The van der Waals surface area contributed by atoms with Crippen LogP contribution in [0, 0.1) is 11.8 Å². The van der Waals surface area contributed by atoms with Crippen molar-refractivity contribution in [3.8, 4) is 0 Å². The van der Waals surface area contributed by atoms with Crippen molar-refractivity contribution in [3.05, 3.63) is 0 Å². The first-order valence-electron chi connectivity index (χ1n) is 5.67. The highest BCUT2D eigenvalue weighted by molar-refractivity contribution is 5.69. The summed E-state index contributed by atoms with van der Waals surface area (Å²) in [5, 5.41) is 12.2. The molecule has 0 radical (unpaired) electrons. The number of aliphatic carboxylic acids is 1. The summed E-state index contributed by atoms with van der Waals surface area (Å²) in [6, 6.07) is 0. The van der Waals surface area contributed by atoms with Gasteiger partial charge in [0, 0.05) is 0 Å². The van der Waals surface area contributed by atoms with Gasteiger partial charge >= 0.3 is 5.97 Å². The van der Waals surface area contributed by atoms with Gasteiger partial charge in [0.25, 0.3) is 0 Å². The van der Waals surface area contributed by atoms with Crippen molar-refractivity contribution >= 4 is 5.97 Å². The first kappa shape index (κ1) is 11.5. The van der Waals surface area contributed by atoms with Gasteiger partial charge < -0.3 is 10.4 Å². The van der Waals surface area contributed by atoms with E-state index in [4.69, 9.17) is 5.11 Å². The van der Waals surface area contributed by atoms with E-state index in [0.29, 0.717) is 5.92 Å². The molecule has 2 N–H and O–H groups in total. The molecule has 3 nitrogen and oxygen atoms in total. The van der Waals surface area contributed by atoms with Crippen molar-refractivity contribution in [2.75, 3.05) is 13.1 Å². The minimum atomic E-state index is -0.607. The molecule has 1 saturated carbocycles. The maximum atomic E-state index is 10.7. The molecule has 3 heteroatoms. The minimum Gasteiger partial charge on any atom is -0.481 e. The highest BCUT2D eigenvalue weighted by Crippen LogP contribution is 2.28. The van der Waals surface area contributed by atoms with Gasteiger partial charge in [-0.15, -0.1) is 0 Å². The van der Waals surface area contributed by atoms with Gasteiger partial charge in [-0.1, -0.05) is 6.92 Å². The van der Waals surface area contributed by atoms with Crippen LogP contribution < -0.4 is 5.32 Å². The Morgan fingerprint density at radius 2 is 2.00 bits per heavy atom. The van der Waals surface area contributed by atoms with E-state index in [1.54, 1.807) is 0 Å². The van der Waals surface area contributed by atoms with Gasteiger partial charge in [0.05, 0.1) is 5.92 Å². The van der Waals surface area contributed by atoms with E-state index in [1.807, 2.05) is 0 Å². The van der Waals surface area contributed by atoms with Crippen LogP contribution in [0.25, 0.3) is 0 Å². The summed E-state index contributed by atoms with van der Waals surface area (Å²) in [5.74, 6) is 0.0274. The number of rotatable bonds is 5. The summed E-state index contributed by atoms with van der Waals surface area (Å²) in [6.45, 7) is 4.31. The van der Waals surface area contributed by atoms with Gasteiger partial charge in [0.2, 0.25) is 0 Å². The third-order valence-corrected chi connectivity index (χ3v) is 3.06. The Labute approximate surface area is 85.9 Å². The van der Waals surface area contributed by atoms with Crippen LogP contribution in [0.4, 0.5) is 0 Å². The third-order valence-electron chi connectivity index (χ3n) is 3.06. The zero-order valence-electron chi connectivity index (χ0n) is 8.96. The molecular weight excluding hydrogens is 178 g/mol. The highest BCUT2D eigenvalue weighted by atomic mass is 16.4. The average Bonchev–Trinajstić information content (AvgIpc) is 2.19. The van der Waals surface area contributed by atoms with Crippen molar-refractivity contribution in [2.45, 2.75) is 39.0 Å². The third kappa shape index (κ3) is 3.66. The second-order valence-corrected chi connectivity index (χ2v) is 4.26. The van der Waals surface area contributed by atoms with Gasteiger partial charge in [-0.3, -0.25) is 4.79 Å². The molecule has 1 aliphatic carbocycles. The highest BCUT2D eigenvalue weighted by Gasteiger charge is 2.25. The Hall–Kier alpha value is -0.570. The lowest BCUT2D eigenvalue weighted by molar-refractivity contribution is -0.143. The first-order chi connectivity index (χ1) is 6.74. The number of nitrogens with one attached hydrogen (secondary N) is 1. The summed E-state index contributed by atoms with van der Waals surface area (Å²) < 4.78 is 0. The number of hydrogen-bond acceptors (Lipinski definition) is 2. The van der Waals surface area contributed by atoms with Crippen LogP contribution in [0.2, 0.25) is 0 Å². The Morgan fingerprint density at radius 1 is 1.36 bits per heavy atom. The van der Waals surface area contributed by atoms with Crippen LogP contribution in [0.3, 0.4) is 0 Å². The van der Waals surface area contributed by atoms with Gasteiger partial charge in [-0.05, 0) is 51.1 Å². The fraction of sp³-hybridized carbons (Fsp3) is 0.909. The molecule has 0 atom stereocenters. The summed E-state index contributed by atoms with van der Waals surface area (Å²) in [5.41, 5.74) is 0. The van der Waals surface area contributed by atoms with E-state index in [0.717, 1.165) is 38.8 Å². The van der Waals surface area contributed by atoms with Gasteiger partial charge in [0.1, 0.15) is 0 Å². The number of carbonyl (C=O) groups is 1. The van der Waals surface area contributed by atoms with E-state index in [2.05, 4.69) is 12.2 Å². The lowest BCUT2D eigenvalue weighted by atomic mass is 9.82. The van der Waals surface area contributed by atoms with Gasteiger partial charge in [-0.2, -0.15) is 0 Å². The molecule has 0 unspecified atom stereocenters. The van der Waals surface area contributed by atoms with Gasteiger partial charge in [-0.25, -0.2) is 0 Å². The predicted octanol–water partition coefficient (Wildman–Crippen LogP) is 1.88. The molecule has 0 aromatic carbocycles. The summed E-state index contributed by atoms with van der Waals surface area (Å²) >= 11 is 0. The largest absolute Gasteiger partial charge is 0.481 e. The van der Waals surface area contributed by atoms with Crippen LogP contribution >= 0.6 is 0 Å². The molecular formula is C11H21NO2. The van der Waals surface area contributed by atoms with E-state index in [1.165, 1.54) is 6.42 Å². The average molecular weight is 199 g/mol. The molecule has 1 aliphatic rings. The van der Waals surface area contributed by atoms with Crippen molar-refractivity contribution in [3.63, 3.8) is 0 Å². The smallest absolute Gasteiger partial charge is 0.306 e.